The van der Waals surface area contributed by atoms with E-state index < -0.39 is 0 Å². The number of hydrogen-bond donors (Lipinski definition) is 1. The fourth-order valence-electron chi connectivity index (χ4n) is 0.219. The van der Waals surface area contributed by atoms with Gasteiger partial charge < -0.3 is 5.21 Å². The lowest BCUT2D eigenvalue weighted by molar-refractivity contribution is 0.318. The van der Waals surface area contributed by atoms with Gasteiger partial charge in [-0.3, -0.25) is 0 Å². The van der Waals surface area contributed by atoms with Crippen molar-refractivity contribution in [2.45, 2.75) is 20.3 Å². The van der Waals surface area contributed by atoms with Gasteiger partial charge in [0.05, 0.1) is 0 Å². The van der Waals surface area contributed by atoms with Gasteiger partial charge in [0.15, 0.2) is 0 Å². The molecule has 0 rings (SSSR count). The summed E-state index contributed by atoms with van der Waals surface area (Å²) < 4.78 is 0. The number of nitrogens with zero attached hydrogens (tertiary/aromatic N) is 1. The van der Waals surface area contributed by atoms with Crippen LogP contribution in [0.3, 0.4) is 0 Å². The molecular weight excluding hydrogens is 90.1 g/mol. The summed E-state index contributed by atoms with van der Waals surface area (Å²) in [6, 6.07) is 0. The number of hydrogen-bond acceptors (Lipinski definition) is 2. The maximum atomic E-state index is 7.94. The summed E-state index contributed by atoms with van der Waals surface area (Å²) in [6.07, 6.45) is 2.56. The third kappa shape index (κ3) is 3.30. The topological polar surface area (TPSA) is 32.6 Å². The fraction of sp³-hybridized carbons (Fsp3) is 0.800. The summed E-state index contributed by atoms with van der Waals surface area (Å²) in [5.41, 5.74) is 0. The van der Waals surface area contributed by atoms with Crippen molar-refractivity contribution in [2.75, 3.05) is 0 Å². The van der Waals surface area contributed by atoms with E-state index in [2.05, 4.69) is 5.16 Å². The SMILES string of the molecule is CCC(C)C=NO. The van der Waals surface area contributed by atoms with Crippen LogP contribution in [0.25, 0.3) is 0 Å². The molecule has 0 bridgehead atoms. The van der Waals surface area contributed by atoms with Crippen LogP contribution >= 0.6 is 0 Å². The Morgan fingerprint density at radius 2 is 2.43 bits per heavy atom. The smallest absolute Gasteiger partial charge is 0.0463 e. The molecular formula is C5H11NO. The first kappa shape index (κ1) is 6.47. The average Bonchev–Trinajstić information content (AvgIpc) is 1.68. The molecule has 0 aliphatic heterocycles. The first-order valence-electron chi connectivity index (χ1n) is 2.48. The molecule has 7 heavy (non-hydrogen) atoms. The standard InChI is InChI=1S/C5H11NO/c1-3-5(2)4-6-7/h4-5,7H,3H2,1-2H3. The molecule has 42 valence electrons. The van der Waals surface area contributed by atoms with Crippen LogP contribution in [-0.4, -0.2) is 11.4 Å². The summed E-state index contributed by atoms with van der Waals surface area (Å²) in [7, 11) is 0. The maximum absolute atomic E-state index is 7.94. The summed E-state index contributed by atoms with van der Waals surface area (Å²) in [4.78, 5) is 0. The first-order valence-corrected chi connectivity index (χ1v) is 2.48. The van der Waals surface area contributed by atoms with Crippen LogP contribution in [0.1, 0.15) is 20.3 Å². The van der Waals surface area contributed by atoms with Crippen molar-refractivity contribution in [3.05, 3.63) is 0 Å². The molecule has 0 aliphatic carbocycles. The molecule has 0 aromatic heterocycles. The van der Waals surface area contributed by atoms with Gasteiger partial charge in [-0.2, -0.15) is 0 Å². The van der Waals surface area contributed by atoms with Gasteiger partial charge in [-0.25, -0.2) is 0 Å². The highest BCUT2D eigenvalue weighted by molar-refractivity contribution is 5.58. The lowest BCUT2D eigenvalue weighted by Gasteiger charge is -1.93. The first-order chi connectivity index (χ1) is 3.31. The second-order valence-corrected chi connectivity index (χ2v) is 1.65. The van der Waals surface area contributed by atoms with Crippen LogP contribution in [0.15, 0.2) is 5.16 Å². The molecule has 0 amide bonds. The van der Waals surface area contributed by atoms with E-state index in [0.717, 1.165) is 6.42 Å². The Morgan fingerprint density at radius 3 is 2.57 bits per heavy atom. The molecule has 0 aromatic rings. The van der Waals surface area contributed by atoms with Gasteiger partial charge in [-0.1, -0.05) is 13.8 Å². The Labute approximate surface area is 43.8 Å². The van der Waals surface area contributed by atoms with Crippen LogP contribution in [0.2, 0.25) is 0 Å². The van der Waals surface area contributed by atoms with Crippen LogP contribution < -0.4 is 0 Å². The molecule has 0 spiro atoms. The molecule has 1 unspecified atom stereocenters. The van der Waals surface area contributed by atoms with Crippen molar-refractivity contribution in [1.82, 2.24) is 0 Å². The Kier molecular flexibility index (Phi) is 3.38. The normalized spacial score (nSPS) is 15.1. The van der Waals surface area contributed by atoms with Crippen LogP contribution in [0.5, 0.6) is 0 Å². The summed E-state index contributed by atoms with van der Waals surface area (Å²) in [6.45, 7) is 4.05. The van der Waals surface area contributed by atoms with Gasteiger partial charge in [0.25, 0.3) is 0 Å². The zero-order valence-electron chi connectivity index (χ0n) is 4.76. The molecule has 2 nitrogen and oxygen atoms in total. The molecule has 0 aromatic carbocycles. The monoisotopic (exact) mass is 101 g/mol. The Balaban J connectivity index is 3.16. The quantitative estimate of drug-likeness (QED) is 0.319. The molecule has 0 radical (unpaired) electrons. The second kappa shape index (κ2) is 3.65. The van der Waals surface area contributed by atoms with E-state index in [1.807, 2.05) is 13.8 Å². The number of oxime groups is 1. The minimum atomic E-state index is 0.407. The predicted molar refractivity (Wildman–Crippen MR) is 29.7 cm³/mol. The predicted octanol–water partition coefficient (Wildman–Crippen LogP) is 1.49. The fourth-order valence-corrected chi connectivity index (χ4v) is 0.219. The van der Waals surface area contributed by atoms with E-state index in [4.69, 9.17) is 5.21 Å². The Bertz CT molecular complexity index is 61.1. The second-order valence-electron chi connectivity index (χ2n) is 1.65. The highest BCUT2D eigenvalue weighted by atomic mass is 16.4. The zero-order valence-corrected chi connectivity index (χ0v) is 4.76. The largest absolute Gasteiger partial charge is 0.411 e. The molecule has 0 saturated heterocycles. The Morgan fingerprint density at radius 1 is 1.86 bits per heavy atom. The van der Waals surface area contributed by atoms with E-state index in [-0.39, 0.29) is 0 Å². The highest BCUT2D eigenvalue weighted by Gasteiger charge is 1.88. The molecule has 0 fully saturated rings. The zero-order chi connectivity index (χ0) is 5.70. The van der Waals surface area contributed by atoms with Crippen molar-refractivity contribution in [3.63, 3.8) is 0 Å². The molecule has 0 saturated carbocycles. The van der Waals surface area contributed by atoms with Crippen molar-refractivity contribution in [2.24, 2.45) is 11.1 Å². The molecule has 0 heterocycles. The van der Waals surface area contributed by atoms with Crippen LogP contribution in [0, 0.1) is 5.92 Å². The molecule has 0 aliphatic rings. The van der Waals surface area contributed by atoms with Crippen molar-refractivity contribution in [1.29, 1.82) is 0 Å². The van der Waals surface area contributed by atoms with E-state index in [0.29, 0.717) is 5.92 Å². The summed E-state index contributed by atoms with van der Waals surface area (Å²) >= 11 is 0. The molecule has 2 heteroatoms. The van der Waals surface area contributed by atoms with Gasteiger partial charge in [0.1, 0.15) is 0 Å². The van der Waals surface area contributed by atoms with Crippen molar-refractivity contribution >= 4 is 6.21 Å². The Hall–Kier alpha value is -0.530. The van der Waals surface area contributed by atoms with Crippen LogP contribution in [-0.2, 0) is 0 Å². The van der Waals surface area contributed by atoms with E-state index in [9.17, 15) is 0 Å². The minimum absolute atomic E-state index is 0.407. The van der Waals surface area contributed by atoms with Crippen LogP contribution in [0.4, 0.5) is 0 Å². The van der Waals surface area contributed by atoms with Crippen molar-refractivity contribution < 1.29 is 5.21 Å². The molecule has 1 N–H and O–H groups in total. The lowest BCUT2D eigenvalue weighted by atomic mass is 10.1. The third-order valence-electron chi connectivity index (χ3n) is 0.965. The average molecular weight is 101 g/mol. The highest BCUT2D eigenvalue weighted by Crippen LogP contribution is 1.93. The minimum Gasteiger partial charge on any atom is -0.411 e. The van der Waals surface area contributed by atoms with E-state index >= 15 is 0 Å². The van der Waals surface area contributed by atoms with E-state index in [1.54, 1.807) is 0 Å². The van der Waals surface area contributed by atoms with E-state index in [1.165, 1.54) is 6.21 Å². The summed E-state index contributed by atoms with van der Waals surface area (Å²) in [5.74, 6) is 0.407. The van der Waals surface area contributed by atoms with Gasteiger partial charge in [-0.05, 0) is 12.3 Å². The summed E-state index contributed by atoms with van der Waals surface area (Å²) in [5, 5.41) is 10.8. The lowest BCUT2D eigenvalue weighted by Crippen LogP contribution is -1.90. The van der Waals surface area contributed by atoms with Gasteiger partial charge in [0.2, 0.25) is 0 Å². The number of rotatable bonds is 2. The van der Waals surface area contributed by atoms with Gasteiger partial charge in [0, 0.05) is 6.21 Å². The third-order valence-corrected chi connectivity index (χ3v) is 0.965. The maximum Gasteiger partial charge on any atom is 0.0463 e. The molecule has 1 atom stereocenters. The van der Waals surface area contributed by atoms with Gasteiger partial charge in [-0.15, -0.1) is 5.16 Å². The van der Waals surface area contributed by atoms with Crippen molar-refractivity contribution in [3.8, 4) is 0 Å². The van der Waals surface area contributed by atoms with Gasteiger partial charge >= 0.3 is 0 Å².